The normalized spacial score (nSPS) is 13.8. The van der Waals surface area contributed by atoms with E-state index in [4.69, 9.17) is 51.2 Å². The van der Waals surface area contributed by atoms with Crippen molar-refractivity contribution in [2.75, 3.05) is 26.7 Å². The highest BCUT2D eigenvalue weighted by Crippen LogP contribution is 2.50. The molecular formula is C28H37Cl2N4O11P. The molecule has 1 fully saturated rings. The Morgan fingerprint density at radius 2 is 1.52 bits per heavy atom. The molecule has 0 aliphatic carbocycles. The Morgan fingerprint density at radius 3 is 2.04 bits per heavy atom. The lowest BCUT2D eigenvalue weighted by molar-refractivity contribution is -0.0312. The SMILES string of the molecule is CC(C)OC(=O)OCOP(=O)(Cn1cc(CC(=O)c2c(Cl)cccc2Cl)c(C(=O)NC2CCNCC2)n1)OCOC(=O)OC(C)C. The van der Waals surface area contributed by atoms with Crippen LogP contribution in [0.15, 0.2) is 24.4 Å². The van der Waals surface area contributed by atoms with Gasteiger partial charge in [-0.05, 0) is 65.8 Å². The van der Waals surface area contributed by atoms with E-state index in [0.717, 1.165) is 4.68 Å². The molecule has 254 valence electrons. The Kier molecular flexibility index (Phi) is 14.3. The summed E-state index contributed by atoms with van der Waals surface area (Å²) < 4.78 is 44.7. The highest BCUT2D eigenvalue weighted by molar-refractivity contribution is 7.52. The van der Waals surface area contributed by atoms with Crippen molar-refractivity contribution in [3.8, 4) is 0 Å². The van der Waals surface area contributed by atoms with Gasteiger partial charge in [0.1, 0.15) is 6.29 Å². The second-order valence-corrected chi connectivity index (χ2v) is 13.4. The minimum atomic E-state index is -4.33. The Bertz CT molecular complexity index is 1380. The topological polar surface area (TPSA) is 183 Å². The predicted molar refractivity (Wildman–Crippen MR) is 165 cm³/mol. The summed E-state index contributed by atoms with van der Waals surface area (Å²) in [4.78, 5) is 50.3. The number of aromatic nitrogens is 2. The van der Waals surface area contributed by atoms with Crippen molar-refractivity contribution in [2.24, 2.45) is 0 Å². The number of piperidine rings is 1. The number of carbonyl (C=O) groups is 4. The van der Waals surface area contributed by atoms with Crippen molar-refractivity contribution in [3.05, 3.63) is 51.3 Å². The molecule has 18 heteroatoms. The number of ether oxygens (including phenoxy) is 4. The first-order valence-electron chi connectivity index (χ1n) is 14.4. The van der Waals surface area contributed by atoms with Crippen molar-refractivity contribution in [1.29, 1.82) is 0 Å². The molecule has 2 N–H and O–H groups in total. The summed E-state index contributed by atoms with van der Waals surface area (Å²) in [5.74, 6) is -1.05. The van der Waals surface area contributed by atoms with Crippen LogP contribution in [0, 0.1) is 0 Å². The Balaban J connectivity index is 1.87. The van der Waals surface area contributed by atoms with E-state index in [1.165, 1.54) is 18.3 Å². The highest BCUT2D eigenvalue weighted by atomic mass is 35.5. The van der Waals surface area contributed by atoms with Crippen molar-refractivity contribution in [3.63, 3.8) is 0 Å². The van der Waals surface area contributed by atoms with Gasteiger partial charge >= 0.3 is 19.9 Å². The largest absolute Gasteiger partial charge is 0.510 e. The van der Waals surface area contributed by atoms with Crippen molar-refractivity contribution < 1.29 is 51.7 Å². The number of ketones is 1. The van der Waals surface area contributed by atoms with Gasteiger partial charge < -0.3 is 29.6 Å². The third-order valence-corrected chi connectivity index (χ3v) is 8.42. The van der Waals surface area contributed by atoms with Crippen LogP contribution in [-0.2, 0) is 45.3 Å². The number of carbonyl (C=O) groups excluding carboxylic acids is 4. The van der Waals surface area contributed by atoms with Crippen LogP contribution < -0.4 is 10.6 Å². The Labute approximate surface area is 276 Å². The first-order chi connectivity index (χ1) is 21.8. The van der Waals surface area contributed by atoms with Crippen LogP contribution >= 0.6 is 30.8 Å². The number of Topliss-reactive ketones (excluding diaryl/α,β-unsaturated/α-hetero) is 1. The molecule has 1 aliphatic rings. The fraction of sp³-hybridized carbons (Fsp3) is 0.536. The first-order valence-corrected chi connectivity index (χ1v) is 16.8. The van der Waals surface area contributed by atoms with Gasteiger partial charge in [0.05, 0.1) is 27.8 Å². The molecule has 2 heterocycles. The van der Waals surface area contributed by atoms with Crippen molar-refractivity contribution >= 4 is 54.8 Å². The van der Waals surface area contributed by atoms with Crippen LogP contribution in [-0.4, -0.2) is 78.7 Å². The highest BCUT2D eigenvalue weighted by Gasteiger charge is 2.31. The fourth-order valence-corrected chi connectivity index (χ4v) is 5.93. The zero-order valence-corrected chi connectivity index (χ0v) is 28.2. The third kappa shape index (κ3) is 11.9. The zero-order valence-electron chi connectivity index (χ0n) is 25.8. The number of benzene rings is 1. The minimum absolute atomic E-state index is 0.0662. The third-order valence-electron chi connectivity index (χ3n) is 6.15. The molecule has 46 heavy (non-hydrogen) atoms. The lowest BCUT2D eigenvalue weighted by Gasteiger charge is -2.23. The first kappa shape index (κ1) is 37.3. The quantitative estimate of drug-likeness (QED) is 0.105. The Hall–Kier alpha value is -3.20. The molecule has 0 saturated carbocycles. The summed E-state index contributed by atoms with van der Waals surface area (Å²) in [7, 11) is -4.33. The monoisotopic (exact) mass is 706 g/mol. The number of halogens is 2. The molecule has 0 unspecified atom stereocenters. The van der Waals surface area contributed by atoms with Crippen LogP contribution in [0.1, 0.15) is 66.9 Å². The molecule has 0 spiro atoms. The van der Waals surface area contributed by atoms with E-state index >= 15 is 0 Å². The number of hydrogen-bond donors (Lipinski definition) is 2. The van der Waals surface area contributed by atoms with E-state index < -0.39 is 63.7 Å². The van der Waals surface area contributed by atoms with E-state index in [0.29, 0.717) is 25.9 Å². The lowest BCUT2D eigenvalue weighted by Crippen LogP contribution is -2.43. The number of rotatable bonds is 15. The van der Waals surface area contributed by atoms with Crippen molar-refractivity contribution in [2.45, 2.75) is 71.5 Å². The van der Waals surface area contributed by atoms with Crippen LogP contribution in [0.3, 0.4) is 0 Å². The van der Waals surface area contributed by atoms with E-state index in [2.05, 4.69) is 15.7 Å². The maximum Gasteiger partial charge on any atom is 0.510 e. The molecule has 0 radical (unpaired) electrons. The summed E-state index contributed by atoms with van der Waals surface area (Å²) in [6.45, 7) is 6.11. The molecule has 1 aromatic heterocycles. The summed E-state index contributed by atoms with van der Waals surface area (Å²) in [6.07, 6.45) is -1.45. The molecule has 0 bridgehead atoms. The van der Waals surface area contributed by atoms with Gasteiger partial charge in [-0.3, -0.25) is 27.9 Å². The molecule has 1 saturated heterocycles. The predicted octanol–water partition coefficient (Wildman–Crippen LogP) is 5.32. The van der Waals surface area contributed by atoms with E-state index in [9.17, 15) is 23.7 Å². The molecule has 2 aromatic rings. The number of nitrogens with zero attached hydrogens (tertiary/aromatic N) is 2. The lowest BCUT2D eigenvalue weighted by atomic mass is 10.0. The summed E-state index contributed by atoms with van der Waals surface area (Å²) >= 11 is 12.5. The standard InChI is InChI=1S/C28H37Cl2N4O11P/c1-17(2)44-27(37)40-15-42-46(39,43-16-41-28(38)45-18(3)4)14-34-13-19(12-23(35)24-21(29)6-5-7-22(24)30)25(33-34)26(36)32-20-8-10-31-11-9-20/h5-7,13,17-18,20,31H,8-12,14-16H2,1-4H3,(H,32,36). The molecule has 1 amide bonds. The average molecular weight is 708 g/mol. The van der Waals surface area contributed by atoms with Crippen LogP contribution in [0.25, 0.3) is 0 Å². The summed E-state index contributed by atoms with van der Waals surface area (Å²) in [6, 6.07) is 4.48. The molecule has 0 atom stereocenters. The van der Waals surface area contributed by atoms with Crippen LogP contribution in [0.2, 0.25) is 10.0 Å². The van der Waals surface area contributed by atoms with Crippen LogP contribution in [0.5, 0.6) is 0 Å². The Morgan fingerprint density at radius 1 is 0.978 bits per heavy atom. The molecule has 15 nitrogen and oxygen atoms in total. The number of nitrogens with one attached hydrogen (secondary N) is 2. The molecule has 1 aliphatic heterocycles. The minimum Gasteiger partial charge on any atom is -0.432 e. The second kappa shape index (κ2) is 17.6. The van der Waals surface area contributed by atoms with Crippen LogP contribution in [0.4, 0.5) is 9.59 Å². The smallest absolute Gasteiger partial charge is 0.432 e. The molecule has 3 rings (SSSR count). The number of amides is 1. The fourth-order valence-electron chi connectivity index (χ4n) is 4.16. The van der Waals surface area contributed by atoms with Gasteiger partial charge in [-0.1, -0.05) is 29.3 Å². The summed E-state index contributed by atoms with van der Waals surface area (Å²) in [5.41, 5.74) is 0.124. The van der Waals surface area contributed by atoms with Gasteiger partial charge in [-0.25, -0.2) is 9.59 Å². The summed E-state index contributed by atoms with van der Waals surface area (Å²) in [5, 5.41) is 10.7. The average Bonchev–Trinajstić information content (AvgIpc) is 3.34. The van der Waals surface area contributed by atoms with Gasteiger partial charge in [0, 0.05) is 24.2 Å². The zero-order chi connectivity index (χ0) is 33.9. The van der Waals surface area contributed by atoms with Gasteiger partial charge in [-0.15, -0.1) is 0 Å². The maximum absolute atomic E-state index is 13.8. The van der Waals surface area contributed by atoms with Gasteiger partial charge in [0.2, 0.25) is 13.6 Å². The van der Waals surface area contributed by atoms with Gasteiger partial charge in [0.25, 0.3) is 5.91 Å². The van der Waals surface area contributed by atoms with Crippen molar-refractivity contribution in [1.82, 2.24) is 20.4 Å². The van der Waals surface area contributed by atoms with E-state index in [1.807, 2.05) is 0 Å². The molecule has 1 aromatic carbocycles. The van der Waals surface area contributed by atoms with Gasteiger partial charge in [0.15, 0.2) is 11.5 Å². The van der Waals surface area contributed by atoms with Gasteiger partial charge in [-0.2, -0.15) is 5.10 Å². The molecular weight excluding hydrogens is 670 g/mol. The number of hydrogen-bond acceptors (Lipinski definition) is 13. The van der Waals surface area contributed by atoms with E-state index in [1.54, 1.807) is 33.8 Å². The maximum atomic E-state index is 13.8. The second-order valence-electron chi connectivity index (χ2n) is 10.6. The van der Waals surface area contributed by atoms with E-state index in [-0.39, 0.29) is 39.3 Å².